The number of guanidine groups is 1. The Hall–Kier alpha value is -2.77. The van der Waals surface area contributed by atoms with Crippen molar-refractivity contribution in [2.45, 2.75) is 52.3 Å². The van der Waals surface area contributed by atoms with Crippen molar-refractivity contribution in [1.29, 1.82) is 0 Å². The average molecular weight is 416 g/mol. The zero-order valence-corrected chi connectivity index (χ0v) is 18.3. The van der Waals surface area contributed by atoms with E-state index in [1.165, 1.54) is 0 Å². The molecule has 2 aliphatic heterocycles. The zero-order chi connectivity index (χ0) is 21.7. The highest BCUT2D eigenvalue weighted by molar-refractivity contribution is 5.79. The first-order valence-corrected chi connectivity index (χ1v) is 10.6. The van der Waals surface area contributed by atoms with E-state index in [-0.39, 0.29) is 12.0 Å². The Labute approximate surface area is 178 Å². The van der Waals surface area contributed by atoms with E-state index in [0.29, 0.717) is 51.6 Å². The van der Waals surface area contributed by atoms with Gasteiger partial charge in [0, 0.05) is 45.7 Å². The lowest BCUT2D eigenvalue weighted by Gasteiger charge is -2.36. The van der Waals surface area contributed by atoms with Crippen LogP contribution in [-0.2, 0) is 22.6 Å². The topological polar surface area (TPSA) is 91.5 Å². The molecule has 0 aromatic heterocycles. The molecular formula is C22H33N5O3. The van der Waals surface area contributed by atoms with Crippen LogP contribution in [0.2, 0.25) is 0 Å². The predicted octanol–water partition coefficient (Wildman–Crippen LogP) is 2.18. The number of likely N-dealkylation sites (tertiary alicyclic amines) is 1. The lowest BCUT2D eigenvalue weighted by Crippen LogP contribution is -2.53. The number of aliphatic imine (C=N–C) groups is 1. The van der Waals surface area contributed by atoms with Crippen LogP contribution in [0, 0.1) is 0 Å². The second-order valence-corrected chi connectivity index (χ2v) is 8.86. The fourth-order valence-corrected chi connectivity index (χ4v) is 3.56. The van der Waals surface area contributed by atoms with Crippen molar-refractivity contribution >= 4 is 18.0 Å². The Morgan fingerprint density at radius 3 is 2.20 bits per heavy atom. The predicted molar refractivity (Wildman–Crippen MR) is 116 cm³/mol. The Morgan fingerprint density at radius 2 is 1.63 bits per heavy atom. The summed E-state index contributed by atoms with van der Waals surface area (Å²) in [5.41, 5.74) is 7.88. The minimum absolute atomic E-state index is 0.239. The van der Waals surface area contributed by atoms with Crippen LogP contribution < -0.4 is 5.73 Å². The summed E-state index contributed by atoms with van der Waals surface area (Å²) in [5.74, 6) is 0.730. The molecule has 2 N–H and O–H groups in total. The van der Waals surface area contributed by atoms with Crippen LogP contribution in [0.3, 0.4) is 0 Å². The van der Waals surface area contributed by atoms with Gasteiger partial charge in [0.1, 0.15) is 5.60 Å². The molecule has 8 nitrogen and oxygen atoms in total. The van der Waals surface area contributed by atoms with Crippen molar-refractivity contribution in [2.24, 2.45) is 10.7 Å². The highest BCUT2D eigenvalue weighted by Gasteiger charge is 2.26. The first kappa shape index (κ1) is 21.9. The van der Waals surface area contributed by atoms with Crippen LogP contribution in [0.5, 0.6) is 0 Å². The normalized spacial score (nSPS) is 18.2. The molecule has 2 amide bonds. The number of piperazine rings is 1. The van der Waals surface area contributed by atoms with Gasteiger partial charge in [0.15, 0.2) is 5.96 Å². The Morgan fingerprint density at radius 1 is 1.03 bits per heavy atom. The number of nitrogens with zero attached hydrogens (tertiary/aromatic N) is 4. The van der Waals surface area contributed by atoms with Crippen LogP contribution in [0.1, 0.15) is 44.7 Å². The molecular weight excluding hydrogens is 382 g/mol. The van der Waals surface area contributed by atoms with Crippen molar-refractivity contribution in [3.05, 3.63) is 35.4 Å². The Kier molecular flexibility index (Phi) is 6.84. The lowest BCUT2D eigenvalue weighted by molar-refractivity contribution is -0.128. The Bertz CT molecular complexity index is 777. The lowest BCUT2D eigenvalue weighted by atomic mass is 10.1. The molecule has 2 heterocycles. The molecule has 164 valence electrons. The molecule has 0 saturated carbocycles. The molecule has 2 fully saturated rings. The highest BCUT2D eigenvalue weighted by Crippen LogP contribution is 2.15. The maximum atomic E-state index is 12.2. The van der Waals surface area contributed by atoms with Crippen molar-refractivity contribution in [3.63, 3.8) is 0 Å². The zero-order valence-electron chi connectivity index (χ0n) is 18.3. The van der Waals surface area contributed by atoms with Crippen molar-refractivity contribution < 1.29 is 14.3 Å². The molecule has 1 aromatic rings. The van der Waals surface area contributed by atoms with Gasteiger partial charge in [0.05, 0.1) is 6.54 Å². The van der Waals surface area contributed by atoms with E-state index in [1.807, 2.05) is 54.8 Å². The van der Waals surface area contributed by atoms with Gasteiger partial charge in [0.2, 0.25) is 5.91 Å². The number of carbonyl (C=O) groups excluding carboxylic acids is 2. The summed E-state index contributed by atoms with van der Waals surface area (Å²) in [6.07, 6.45) is 1.34. The molecule has 0 unspecified atom stereocenters. The molecule has 0 spiro atoms. The number of benzene rings is 1. The van der Waals surface area contributed by atoms with Gasteiger partial charge in [0.25, 0.3) is 0 Å². The molecule has 8 heteroatoms. The van der Waals surface area contributed by atoms with Gasteiger partial charge in [-0.1, -0.05) is 24.3 Å². The van der Waals surface area contributed by atoms with Gasteiger partial charge in [-0.3, -0.25) is 4.79 Å². The van der Waals surface area contributed by atoms with Crippen LogP contribution in [0.25, 0.3) is 0 Å². The molecule has 0 radical (unpaired) electrons. The average Bonchev–Trinajstić information content (AvgIpc) is 3.10. The van der Waals surface area contributed by atoms with E-state index in [0.717, 1.165) is 24.1 Å². The van der Waals surface area contributed by atoms with E-state index in [9.17, 15) is 9.59 Å². The third-order valence-corrected chi connectivity index (χ3v) is 5.25. The number of nitrogens with two attached hydrogens (primary N) is 1. The van der Waals surface area contributed by atoms with Gasteiger partial charge < -0.3 is 25.2 Å². The number of amides is 2. The van der Waals surface area contributed by atoms with Crippen molar-refractivity contribution in [1.82, 2.24) is 14.7 Å². The summed E-state index contributed by atoms with van der Waals surface area (Å²) in [5, 5.41) is 0. The SMILES string of the molecule is CC(C)(C)OC(=O)N1CCN(C(N)=NCc2ccc(CN3CCCC3=O)cc2)CC1. The maximum Gasteiger partial charge on any atom is 0.410 e. The standard InChI is InChI=1S/C22H33N5O3/c1-22(2,3)30-21(29)26-13-11-25(12-14-26)20(23)24-15-17-6-8-18(9-7-17)16-27-10-4-5-19(27)28/h6-9H,4-5,10-16H2,1-3H3,(H2,23,24). The molecule has 3 rings (SSSR count). The van der Waals surface area contributed by atoms with Crippen LogP contribution in [0.4, 0.5) is 4.79 Å². The van der Waals surface area contributed by atoms with E-state index >= 15 is 0 Å². The molecule has 2 saturated heterocycles. The number of ether oxygens (including phenoxy) is 1. The van der Waals surface area contributed by atoms with E-state index in [4.69, 9.17) is 10.5 Å². The van der Waals surface area contributed by atoms with Crippen LogP contribution >= 0.6 is 0 Å². The second kappa shape index (κ2) is 9.36. The number of hydrogen-bond donors (Lipinski definition) is 1. The monoisotopic (exact) mass is 415 g/mol. The maximum absolute atomic E-state index is 12.2. The quantitative estimate of drug-likeness (QED) is 0.601. The van der Waals surface area contributed by atoms with Crippen LogP contribution in [0.15, 0.2) is 29.3 Å². The summed E-state index contributed by atoms with van der Waals surface area (Å²) < 4.78 is 5.42. The van der Waals surface area contributed by atoms with E-state index in [1.54, 1.807) is 4.90 Å². The summed E-state index contributed by atoms with van der Waals surface area (Å²) in [6.45, 7) is 10.0. The highest BCUT2D eigenvalue weighted by atomic mass is 16.6. The molecule has 30 heavy (non-hydrogen) atoms. The van der Waals surface area contributed by atoms with Crippen molar-refractivity contribution in [2.75, 3.05) is 32.7 Å². The summed E-state index contributed by atoms with van der Waals surface area (Å²) >= 11 is 0. The minimum Gasteiger partial charge on any atom is -0.444 e. The fourth-order valence-electron chi connectivity index (χ4n) is 3.56. The minimum atomic E-state index is -0.492. The number of rotatable bonds is 4. The molecule has 2 aliphatic rings. The third-order valence-electron chi connectivity index (χ3n) is 5.25. The van der Waals surface area contributed by atoms with Gasteiger partial charge >= 0.3 is 6.09 Å². The summed E-state index contributed by atoms with van der Waals surface area (Å²) in [4.78, 5) is 34.0. The van der Waals surface area contributed by atoms with Gasteiger partial charge in [-0.25, -0.2) is 9.79 Å². The molecule has 1 aromatic carbocycles. The fraction of sp³-hybridized carbons (Fsp3) is 0.591. The number of carbonyl (C=O) groups is 2. The largest absolute Gasteiger partial charge is 0.444 e. The van der Waals surface area contributed by atoms with Gasteiger partial charge in [-0.15, -0.1) is 0 Å². The number of hydrogen-bond acceptors (Lipinski definition) is 4. The first-order chi connectivity index (χ1) is 14.2. The van der Waals surface area contributed by atoms with Gasteiger partial charge in [-0.2, -0.15) is 0 Å². The third kappa shape index (κ3) is 6.11. The molecule has 0 aliphatic carbocycles. The van der Waals surface area contributed by atoms with E-state index in [2.05, 4.69) is 4.99 Å². The smallest absolute Gasteiger partial charge is 0.410 e. The summed E-state index contributed by atoms with van der Waals surface area (Å²) in [7, 11) is 0. The van der Waals surface area contributed by atoms with E-state index < -0.39 is 5.60 Å². The Balaban J connectivity index is 1.46. The second-order valence-electron chi connectivity index (χ2n) is 8.86. The van der Waals surface area contributed by atoms with Crippen LogP contribution in [-0.4, -0.2) is 71.0 Å². The van der Waals surface area contributed by atoms with Crippen molar-refractivity contribution in [3.8, 4) is 0 Å². The van der Waals surface area contributed by atoms with Gasteiger partial charge in [-0.05, 0) is 38.3 Å². The molecule has 0 atom stereocenters. The summed E-state index contributed by atoms with van der Waals surface area (Å²) in [6, 6.07) is 8.17. The molecule has 0 bridgehead atoms. The first-order valence-electron chi connectivity index (χ1n) is 10.6.